The van der Waals surface area contributed by atoms with Crippen LogP contribution in [0.25, 0.3) is 0 Å². The molecule has 0 aliphatic carbocycles. The Kier molecular flexibility index (Phi) is 5.07. The average Bonchev–Trinajstić information content (AvgIpc) is 2.68. The summed E-state index contributed by atoms with van der Waals surface area (Å²) in [5.41, 5.74) is 4.02. The van der Waals surface area contributed by atoms with Crippen molar-refractivity contribution < 1.29 is 0 Å². The third kappa shape index (κ3) is 3.31. The van der Waals surface area contributed by atoms with Crippen LogP contribution in [-0.4, -0.2) is 9.78 Å². The number of nitrogens with one attached hydrogen (secondary N) is 1. The molecular weight excluding hydrogens is 329 g/mol. The monoisotopic (exact) mass is 345 g/mol. The third-order valence-corrected chi connectivity index (χ3v) is 4.35. The van der Waals surface area contributed by atoms with E-state index in [0.29, 0.717) is 20.8 Å². The fourth-order valence-electron chi connectivity index (χ4n) is 2.61. The highest BCUT2D eigenvalue weighted by molar-refractivity contribution is 6.41. The van der Waals surface area contributed by atoms with Gasteiger partial charge in [-0.25, -0.2) is 0 Å². The van der Waals surface area contributed by atoms with Crippen LogP contribution >= 0.6 is 34.8 Å². The van der Waals surface area contributed by atoms with Crippen molar-refractivity contribution in [3.63, 3.8) is 0 Å². The second-order valence-corrected chi connectivity index (χ2v) is 6.26. The van der Waals surface area contributed by atoms with Crippen molar-refractivity contribution in [3.8, 4) is 0 Å². The van der Waals surface area contributed by atoms with Crippen LogP contribution in [0.5, 0.6) is 0 Å². The van der Waals surface area contributed by atoms with Crippen molar-refractivity contribution >= 4 is 40.5 Å². The minimum absolute atomic E-state index is 0.0430. The van der Waals surface area contributed by atoms with Gasteiger partial charge in [-0.2, -0.15) is 5.10 Å². The number of hydrogen-bond acceptors (Lipinski definition) is 2. The molecule has 1 heterocycles. The quantitative estimate of drug-likeness (QED) is 0.775. The van der Waals surface area contributed by atoms with E-state index in [0.717, 1.165) is 17.9 Å². The van der Waals surface area contributed by atoms with Crippen LogP contribution in [0.3, 0.4) is 0 Å². The first-order valence-corrected chi connectivity index (χ1v) is 7.93. The van der Waals surface area contributed by atoms with Crippen LogP contribution in [0.2, 0.25) is 15.1 Å². The van der Waals surface area contributed by atoms with Crippen LogP contribution in [0.15, 0.2) is 12.1 Å². The Morgan fingerprint density at radius 1 is 1.19 bits per heavy atom. The lowest BCUT2D eigenvalue weighted by Crippen LogP contribution is -2.10. The largest absolute Gasteiger partial charge is 0.376 e. The molecule has 1 aromatic heterocycles. The molecule has 0 bridgehead atoms. The number of nitrogens with zero attached hydrogens (tertiary/aromatic N) is 2. The first kappa shape index (κ1) is 16.5. The van der Waals surface area contributed by atoms with Crippen molar-refractivity contribution in [2.45, 2.75) is 40.3 Å². The van der Waals surface area contributed by atoms with Gasteiger partial charge >= 0.3 is 0 Å². The molecule has 21 heavy (non-hydrogen) atoms. The summed E-state index contributed by atoms with van der Waals surface area (Å²) in [6.07, 6.45) is 0. The summed E-state index contributed by atoms with van der Waals surface area (Å²) in [7, 11) is 0. The number of anilines is 1. The molecule has 2 aromatic rings. The Labute approximate surface area is 140 Å². The lowest BCUT2D eigenvalue weighted by molar-refractivity contribution is 0.632. The molecule has 1 atom stereocenters. The topological polar surface area (TPSA) is 29.9 Å². The van der Waals surface area contributed by atoms with Crippen LogP contribution in [0.1, 0.15) is 36.8 Å². The Morgan fingerprint density at radius 3 is 2.24 bits per heavy atom. The highest BCUT2D eigenvalue weighted by Gasteiger charge is 2.19. The zero-order chi connectivity index (χ0) is 15.7. The molecule has 3 nitrogen and oxygen atoms in total. The Bertz CT molecular complexity index is 641. The van der Waals surface area contributed by atoms with Crippen molar-refractivity contribution in [1.82, 2.24) is 9.78 Å². The zero-order valence-corrected chi connectivity index (χ0v) is 14.7. The molecule has 0 spiro atoms. The molecule has 1 unspecified atom stereocenters. The highest BCUT2D eigenvalue weighted by atomic mass is 35.5. The normalized spacial score (nSPS) is 12.5. The number of halogens is 3. The minimum atomic E-state index is 0.0430. The lowest BCUT2D eigenvalue weighted by Gasteiger charge is -2.18. The van der Waals surface area contributed by atoms with E-state index in [2.05, 4.69) is 31.2 Å². The van der Waals surface area contributed by atoms with Crippen molar-refractivity contribution in [3.05, 3.63) is 44.2 Å². The molecule has 0 aliphatic rings. The predicted octanol–water partition coefficient (Wildman–Crippen LogP) is 5.65. The Morgan fingerprint density at radius 2 is 1.76 bits per heavy atom. The second kappa shape index (κ2) is 6.47. The summed E-state index contributed by atoms with van der Waals surface area (Å²) in [6.45, 7) is 9.08. The summed E-state index contributed by atoms with van der Waals surface area (Å²) < 4.78 is 1.99. The maximum absolute atomic E-state index is 6.23. The third-order valence-electron chi connectivity index (χ3n) is 3.54. The van der Waals surface area contributed by atoms with Gasteiger partial charge in [-0.15, -0.1) is 0 Å². The maximum atomic E-state index is 6.23. The van der Waals surface area contributed by atoms with Gasteiger partial charge in [0.1, 0.15) is 0 Å². The number of aryl methyl sites for hydroxylation is 2. The van der Waals surface area contributed by atoms with Crippen LogP contribution in [-0.2, 0) is 6.54 Å². The Hall–Kier alpha value is -0.900. The number of hydrogen-bond donors (Lipinski definition) is 1. The molecule has 0 saturated heterocycles. The first-order chi connectivity index (χ1) is 9.85. The molecule has 2 rings (SSSR count). The SMILES string of the molecule is CCn1nc(C)c(C(C)Nc2c(Cl)cc(Cl)cc2Cl)c1C. The zero-order valence-electron chi connectivity index (χ0n) is 12.5. The van der Waals surface area contributed by atoms with Crippen molar-refractivity contribution in [2.75, 3.05) is 5.32 Å². The van der Waals surface area contributed by atoms with Crippen LogP contribution in [0.4, 0.5) is 5.69 Å². The molecule has 0 fully saturated rings. The van der Waals surface area contributed by atoms with Gasteiger partial charge in [-0.3, -0.25) is 4.68 Å². The summed E-state index contributed by atoms with van der Waals surface area (Å²) >= 11 is 18.4. The van der Waals surface area contributed by atoms with E-state index >= 15 is 0 Å². The average molecular weight is 347 g/mol. The van der Waals surface area contributed by atoms with Gasteiger partial charge in [-0.05, 0) is 39.8 Å². The van der Waals surface area contributed by atoms with E-state index in [-0.39, 0.29) is 6.04 Å². The van der Waals surface area contributed by atoms with Gasteiger partial charge < -0.3 is 5.32 Å². The van der Waals surface area contributed by atoms with Gasteiger partial charge in [0.05, 0.1) is 27.5 Å². The van der Waals surface area contributed by atoms with Crippen LogP contribution < -0.4 is 5.32 Å². The maximum Gasteiger partial charge on any atom is 0.0724 e. The minimum Gasteiger partial charge on any atom is -0.376 e. The van der Waals surface area contributed by atoms with E-state index in [1.54, 1.807) is 12.1 Å². The van der Waals surface area contributed by atoms with E-state index in [4.69, 9.17) is 34.8 Å². The lowest BCUT2D eigenvalue weighted by atomic mass is 10.1. The number of benzene rings is 1. The van der Waals surface area contributed by atoms with E-state index < -0.39 is 0 Å². The standard InChI is InChI=1S/C15H18Cl3N3/c1-5-21-10(4)14(9(3)20-21)8(2)19-15-12(17)6-11(16)7-13(15)18/h6-8,19H,5H2,1-4H3. The van der Waals surface area contributed by atoms with Gasteiger partial charge in [-0.1, -0.05) is 34.8 Å². The molecular formula is C15H18Cl3N3. The second-order valence-electron chi connectivity index (χ2n) is 5.01. The fraction of sp³-hybridized carbons (Fsp3) is 0.400. The molecule has 0 amide bonds. The molecule has 114 valence electrons. The van der Waals surface area contributed by atoms with Gasteiger partial charge in [0.15, 0.2) is 0 Å². The van der Waals surface area contributed by atoms with E-state index in [1.807, 2.05) is 11.6 Å². The molecule has 0 radical (unpaired) electrons. The molecule has 1 aromatic carbocycles. The van der Waals surface area contributed by atoms with Gasteiger partial charge in [0, 0.05) is 22.8 Å². The summed E-state index contributed by atoms with van der Waals surface area (Å²) in [5.74, 6) is 0. The number of aromatic nitrogens is 2. The summed E-state index contributed by atoms with van der Waals surface area (Å²) in [4.78, 5) is 0. The van der Waals surface area contributed by atoms with Crippen molar-refractivity contribution in [2.24, 2.45) is 0 Å². The summed E-state index contributed by atoms with van der Waals surface area (Å²) in [5, 5.41) is 9.45. The molecule has 0 aliphatic heterocycles. The van der Waals surface area contributed by atoms with Gasteiger partial charge in [0.25, 0.3) is 0 Å². The summed E-state index contributed by atoms with van der Waals surface area (Å²) in [6, 6.07) is 3.40. The highest BCUT2D eigenvalue weighted by Crippen LogP contribution is 2.36. The van der Waals surface area contributed by atoms with E-state index in [9.17, 15) is 0 Å². The molecule has 0 saturated carbocycles. The number of rotatable bonds is 4. The van der Waals surface area contributed by atoms with Crippen molar-refractivity contribution in [1.29, 1.82) is 0 Å². The Balaban J connectivity index is 2.35. The molecule has 1 N–H and O–H groups in total. The fourth-order valence-corrected chi connectivity index (χ4v) is 3.54. The smallest absolute Gasteiger partial charge is 0.0724 e. The van der Waals surface area contributed by atoms with Crippen LogP contribution in [0, 0.1) is 13.8 Å². The van der Waals surface area contributed by atoms with Gasteiger partial charge in [0.2, 0.25) is 0 Å². The first-order valence-electron chi connectivity index (χ1n) is 6.80. The predicted molar refractivity (Wildman–Crippen MR) is 90.9 cm³/mol. The van der Waals surface area contributed by atoms with E-state index in [1.165, 1.54) is 5.56 Å². The molecule has 6 heteroatoms.